The summed E-state index contributed by atoms with van der Waals surface area (Å²) in [4.78, 5) is 2.47. The maximum Gasteiger partial charge on any atom is 0.114 e. The van der Waals surface area contributed by atoms with E-state index in [9.17, 15) is 5.11 Å². The maximum atomic E-state index is 11.0. The molecule has 150 valence electrons. The molecule has 1 N–H and O–H groups in total. The zero-order chi connectivity index (χ0) is 18.4. The minimum atomic E-state index is -0.772. The summed E-state index contributed by atoms with van der Waals surface area (Å²) in [6, 6.07) is 0.255. The van der Waals surface area contributed by atoms with Gasteiger partial charge in [-0.15, -0.1) is 5.10 Å². The molecule has 4 fully saturated rings. The number of hydrogen-bond donors (Lipinski definition) is 1. The van der Waals surface area contributed by atoms with Crippen LogP contribution in [0.5, 0.6) is 0 Å². The standard InChI is InChI=1S/C21H34N4O2/c1-24-11-16-9-18(19(10-17(16)12-24)27-14-15-5-6-15)25-13-20(22-23-25)21(26)7-3-2-4-8-21/h13,15-19,26H,2-12,14H2,1H3/t16-,17+,18-,19-/m1/s1. The highest BCUT2D eigenvalue weighted by Crippen LogP contribution is 2.43. The molecule has 1 aliphatic heterocycles. The number of rotatable bonds is 5. The van der Waals surface area contributed by atoms with Gasteiger partial charge < -0.3 is 14.7 Å². The lowest BCUT2D eigenvalue weighted by Gasteiger charge is -2.38. The maximum absolute atomic E-state index is 11.0. The number of likely N-dealkylation sites (tertiary alicyclic amines) is 1. The lowest BCUT2D eigenvalue weighted by molar-refractivity contribution is -0.0377. The van der Waals surface area contributed by atoms with E-state index in [1.807, 2.05) is 10.9 Å². The fourth-order valence-electron chi connectivity index (χ4n) is 5.67. The van der Waals surface area contributed by atoms with Crippen molar-refractivity contribution in [3.8, 4) is 0 Å². The largest absolute Gasteiger partial charge is 0.383 e. The summed E-state index contributed by atoms with van der Waals surface area (Å²) in [5, 5.41) is 20.0. The van der Waals surface area contributed by atoms with Gasteiger partial charge in [0.15, 0.2) is 0 Å². The molecule has 6 heteroatoms. The first-order valence-electron chi connectivity index (χ1n) is 11.1. The van der Waals surface area contributed by atoms with Crippen molar-refractivity contribution in [3.63, 3.8) is 0 Å². The van der Waals surface area contributed by atoms with Gasteiger partial charge in [-0.05, 0) is 63.3 Å². The van der Waals surface area contributed by atoms with Crippen molar-refractivity contribution in [2.45, 2.75) is 75.5 Å². The molecule has 6 nitrogen and oxygen atoms in total. The van der Waals surface area contributed by atoms with Crippen molar-refractivity contribution in [1.82, 2.24) is 19.9 Å². The van der Waals surface area contributed by atoms with Gasteiger partial charge in [0, 0.05) is 19.7 Å². The van der Waals surface area contributed by atoms with E-state index < -0.39 is 5.60 Å². The predicted octanol–water partition coefficient (Wildman–Crippen LogP) is 2.74. The highest BCUT2D eigenvalue weighted by atomic mass is 16.5. The molecule has 0 amide bonds. The van der Waals surface area contributed by atoms with Crippen molar-refractivity contribution in [2.75, 3.05) is 26.7 Å². The Labute approximate surface area is 162 Å². The molecule has 0 radical (unpaired) electrons. The Balaban J connectivity index is 1.35. The molecule has 3 aliphatic carbocycles. The monoisotopic (exact) mass is 374 g/mol. The predicted molar refractivity (Wildman–Crippen MR) is 102 cm³/mol. The molecule has 1 saturated heterocycles. The normalized spacial score (nSPS) is 36.7. The Morgan fingerprint density at radius 3 is 2.63 bits per heavy atom. The number of fused-ring (bicyclic) bond motifs is 1. The van der Waals surface area contributed by atoms with Crippen LogP contribution in [-0.4, -0.2) is 57.8 Å². The average Bonchev–Trinajstić information content (AvgIpc) is 3.21. The molecule has 0 aromatic carbocycles. The van der Waals surface area contributed by atoms with Crippen molar-refractivity contribution in [2.24, 2.45) is 17.8 Å². The topological polar surface area (TPSA) is 63.4 Å². The molecule has 4 aliphatic rings. The van der Waals surface area contributed by atoms with Gasteiger partial charge in [0.2, 0.25) is 0 Å². The summed E-state index contributed by atoms with van der Waals surface area (Å²) in [5.74, 6) is 2.26. The Morgan fingerprint density at radius 1 is 1.15 bits per heavy atom. The Morgan fingerprint density at radius 2 is 1.89 bits per heavy atom. The molecule has 4 atom stereocenters. The van der Waals surface area contributed by atoms with E-state index in [2.05, 4.69) is 22.3 Å². The van der Waals surface area contributed by atoms with Crippen LogP contribution in [0.1, 0.15) is 69.5 Å². The zero-order valence-electron chi connectivity index (χ0n) is 16.6. The first kappa shape index (κ1) is 18.1. The summed E-state index contributed by atoms with van der Waals surface area (Å²) in [7, 11) is 2.24. The van der Waals surface area contributed by atoms with Crippen LogP contribution >= 0.6 is 0 Å². The Hall–Kier alpha value is -0.980. The molecular formula is C21H34N4O2. The van der Waals surface area contributed by atoms with Gasteiger partial charge in [-0.2, -0.15) is 0 Å². The number of hydrogen-bond acceptors (Lipinski definition) is 5. The molecule has 0 unspecified atom stereocenters. The quantitative estimate of drug-likeness (QED) is 0.859. The summed E-state index contributed by atoms with van der Waals surface area (Å²) in [6.07, 6.45) is 12.2. The lowest BCUT2D eigenvalue weighted by atomic mass is 9.77. The molecule has 5 rings (SSSR count). The van der Waals surface area contributed by atoms with Gasteiger partial charge in [-0.25, -0.2) is 4.68 Å². The van der Waals surface area contributed by atoms with Gasteiger partial charge in [0.1, 0.15) is 11.3 Å². The van der Waals surface area contributed by atoms with Crippen LogP contribution in [0.2, 0.25) is 0 Å². The summed E-state index contributed by atoms with van der Waals surface area (Å²) in [5.41, 5.74) is -0.000135. The highest BCUT2D eigenvalue weighted by Gasteiger charge is 2.44. The van der Waals surface area contributed by atoms with Crippen molar-refractivity contribution < 1.29 is 9.84 Å². The molecule has 3 saturated carbocycles. The van der Waals surface area contributed by atoms with Crippen LogP contribution in [0.4, 0.5) is 0 Å². The number of aliphatic hydroxyl groups is 1. The van der Waals surface area contributed by atoms with E-state index in [-0.39, 0.29) is 12.1 Å². The first-order valence-corrected chi connectivity index (χ1v) is 11.1. The van der Waals surface area contributed by atoms with Crippen molar-refractivity contribution in [1.29, 1.82) is 0 Å². The summed E-state index contributed by atoms with van der Waals surface area (Å²) in [6.45, 7) is 3.28. The number of aromatic nitrogens is 3. The molecule has 0 bridgehead atoms. The van der Waals surface area contributed by atoms with Crippen LogP contribution in [0.3, 0.4) is 0 Å². The van der Waals surface area contributed by atoms with Crippen molar-refractivity contribution in [3.05, 3.63) is 11.9 Å². The van der Waals surface area contributed by atoms with E-state index in [0.717, 1.165) is 68.6 Å². The van der Waals surface area contributed by atoms with Gasteiger partial charge >= 0.3 is 0 Å². The van der Waals surface area contributed by atoms with Crippen LogP contribution in [0.15, 0.2) is 6.20 Å². The Bertz CT molecular complexity index is 652. The third-order valence-corrected chi connectivity index (χ3v) is 7.52. The zero-order valence-corrected chi connectivity index (χ0v) is 16.6. The minimum Gasteiger partial charge on any atom is -0.383 e. The second-order valence-corrected chi connectivity index (χ2v) is 9.77. The molecule has 27 heavy (non-hydrogen) atoms. The fourth-order valence-corrected chi connectivity index (χ4v) is 5.67. The van der Waals surface area contributed by atoms with Gasteiger partial charge in [0.25, 0.3) is 0 Å². The number of nitrogens with zero attached hydrogens (tertiary/aromatic N) is 4. The van der Waals surface area contributed by atoms with Crippen LogP contribution < -0.4 is 0 Å². The van der Waals surface area contributed by atoms with Crippen LogP contribution in [-0.2, 0) is 10.3 Å². The van der Waals surface area contributed by atoms with E-state index in [1.54, 1.807) is 0 Å². The van der Waals surface area contributed by atoms with E-state index in [0.29, 0.717) is 0 Å². The molecule has 2 heterocycles. The second kappa shape index (κ2) is 7.12. The fraction of sp³-hybridized carbons (Fsp3) is 0.905. The highest BCUT2D eigenvalue weighted by molar-refractivity contribution is 5.09. The average molecular weight is 375 g/mol. The third kappa shape index (κ3) is 3.68. The molecular weight excluding hydrogens is 340 g/mol. The van der Waals surface area contributed by atoms with Gasteiger partial charge in [-0.1, -0.05) is 24.5 Å². The smallest absolute Gasteiger partial charge is 0.114 e. The van der Waals surface area contributed by atoms with Crippen LogP contribution in [0.25, 0.3) is 0 Å². The van der Waals surface area contributed by atoms with E-state index >= 15 is 0 Å². The first-order chi connectivity index (χ1) is 13.1. The van der Waals surface area contributed by atoms with Crippen molar-refractivity contribution >= 4 is 0 Å². The molecule has 1 aromatic rings. The summed E-state index contributed by atoms with van der Waals surface area (Å²) < 4.78 is 8.46. The van der Waals surface area contributed by atoms with E-state index in [1.165, 1.54) is 32.4 Å². The van der Waals surface area contributed by atoms with Gasteiger partial charge in [0.05, 0.1) is 18.3 Å². The number of ether oxygens (including phenoxy) is 1. The van der Waals surface area contributed by atoms with Gasteiger partial charge in [-0.3, -0.25) is 0 Å². The second-order valence-electron chi connectivity index (χ2n) is 9.77. The minimum absolute atomic E-state index is 0.230. The Kier molecular flexibility index (Phi) is 4.77. The van der Waals surface area contributed by atoms with Crippen LogP contribution in [0, 0.1) is 17.8 Å². The summed E-state index contributed by atoms with van der Waals surface area (Å²) >= 11 is 0. The van der Waals surface area contributed by atoms with E-state index in [4.69, 9.17) is 4.74 Å². The third-order valence-electron chi connectivity index (χ3n) is 7.52. The molecule has 1 aromatic heterocycles. The SMILES string of the molecule is CN1C[C@H]2C[C@@H](n3cc(C4(O)CCCCC4)nn3)[C@H](OCC3CC3)C[C@H]2C1. The lowest BCUT2D eigenvalue weighted by Crippen LogP contribution is -2.38. The molecule has 0 spiro atoms.